The summed E-state index contributed by atoms with van der Waals surface area (Å²) in [5.74, 6) is 0.0341. The number of nitrogens with one attached hydrogen (secondary N) is 1. The monoisotopic (exact) mass is 221 g/mol. The molecule has 4 nitrogen and oxygen atoms in total. The van der Waals surface area contributed by atoms with Crippen molar-refractivity contribution in [2.75, 3.05) is 30.3 Å². The number of nitrogens with zero attached hydrogens (tertiary/aromatic N) is 1. The summed E-state index contributed by atoms with van der Waals surface area (Å²) in [6.07, 6.45) is 0. The number of rotatable bonds is 5. The van der Waals surface area contributed by atoms with Gasteiger partial charge < -0.3 is 16.0 Å². The summed E-state index contributed by atoms with van der Waals surface area (Å²) >= 11 is 0. The topological polar surface area (TPSA) is 58.4 Å². The molecule has 0 saturated carbocycles. The first-order valence-electron chi connectivity index (χ1n) is 5.54. The molecule has 1 aromatic rings. The van der Waals surface area contributed by atoms with E-state index in [2.05, 4.69) is 5.32 Å². The molecule has 0 bridgehead atoms. The van der Waals surface area contributed by atoms with E-state index in [0.29, 0.717) is 18.8 Å². The van der Waals surface area contributed by atoms with Crippen LogP contribution >= 0.6 is 0 Å². The summed E-state index contributed by atoms with van der Waals surface area (Å²) in [4.78, 5) is 13.5. The Kier molecular flexibility index (Phi) is 4.64. The zero-order valence-electron chi connectivity index (χ0n) is 9.86. The maximum atomic E-state index is 11.5. The van der Waals surface area contributed by atoms with E-state index in [1.165, 1.54) is 0 Å². The molecular weight excluding hydrogens is 202 g/mol. The third kappa shape index (κ3) is 3.46. The van der Waals surface area contributed by atoms with Gasteiger partial charge in [-0.05, 0) is 32.0 Å². The van der Waals surface area contributed by atoms with Crippen LogP contribution in [-0.4, -0.2) is 25.5 Å². The van der Waals surface area contributed by atoms with Gasteiger partial charge in [0.2, 0.25) is 5.91 Å². The third-order valence-corrected chi connectivity index (χ3v) is 2.33. The van der Waals surface area contributed by atoms with Crippen molar-refractivity contribution in [1.82, 2.24) is 5.32 Å². The second kappa shape index (κ2) is 6.00. The van der Waals surface area contributed by atoms with Crippen LogP contribution in [0.5, 0.6) is 0 Å². The Bertz CT molecular complexity index is 352. The summed E-state index contributed by atoms with van der Waals surface area (Å²) in [7, 11) is 0. The fourth-order valence-electron chi connectivity index (χ4n) is 1.53. The number of benzene rings is 1. The Morgan fingerprint density at radius 2 is 2.19 bits per heavy atom. The number of nitrogens with two attached hydrogens (primary N) is 1. The highest BCUT2D eigenvalue weighted by molar-refractivity contribution is 5.81. The van der Waals surface area contributed by atoms with Gasteiger partial charge in [-0.1, -0.05) is 6.07 Å². The number of carbonyl (C=O) groups is 1. The fourth-order valence-corrected chi connectivity index (χ4v) is 1.53. The van der Waals surface area contributed by atoms with Crippen LogP contribution in [0.15, 0.2) is 24.3 Å². The van der Waals surface area contributed by atoms with Crippen molar-refractivity contribution in [3.8, 4) is 0 Å². The van der Waals surface area contributed by atoms with Crippen molar-refractivity contribution in [3.63, 3.8) is 0 Å². The minimum atomic E-state index is 0.0341. The summed E-state index contributed by atoms with van der Waals surface area (Å²) in [6, 6.07) is 7.57. The molecule has 0 heterocycles. The molecular formula is C12H19N3O. The number of anilines is 2. The lowest BCUT2D eigenvalue weighted by atomic mass is 10.2. The molecule has 0 fully saturated rings. The van der Waals surface area contributed by atoms with Crippen molar-refractivity contribution in [2.45, 2.75) is 13.8 Å². The Balaban J connectivity index is 2.70. The summed E-state index contributed by atoms with van der Waals surface area (Å²) in [6.45, 7) is 5.73. The van der Waals surface area contributed by atoms with Crippen LogP contribution < -0.4 is 16.0 Å². The van der Waals surface area contributed by atoms with E-state index in [0.717, 1.165) is 12.2 Å². The van der Waals surface area contributed by atoms with E-state index < -0.39 is 0 Å². The van der Waals surface area contributed by atoms with Crippen LogP contribution in [0.3, 0.4) is 0 Å². The molecule has 4 heteroatoms. The van der Waals surface area contributed by atoms with E-state index in [9.17, 15) is 4.79 Å². The molecule has 16 heavy (non-hydrogen) atoms. The SMILES string of the molecule is CCNC(=O)CN(CC)c1cccc(N)c1. The maximum Gasteiger partial charge on any atom is 0.239 e. The van der Waals surface area contributed by atoms with Gasteiger partial charge in [0.15, 0.2) is 0 Å². The number of amides is 1. The smallest absolute Gasteiger partial charge is 0.239 e. The van der Waals surface area contributed by atoms with Crippen LogP contribution in [0.1, 0.15) is 13.8 Å². The van der Waals surface area contributed by atoms with Crippen molar-refractivity contribution >= 4 is 17.3 Å². The highest BCUT2D eigenvalue weighted by Gasteiger charge is 2.08. The average Bonchev–Trinajstić information content (AvgIpc) is 2.26. The van der Waals surface area contributed by atoms with Crippen LogP contribution in [0.25, 0.3) is 0 Å². The highest BCUT2D eigenvalue weighted by Crippen LogP contribution is 2.16. The first kappa shape index (κ1) is 12.4. The highest BCUT2D eigenvalue weighted by atomic mass is 16.2. The average molecular weight is 221 g/mol. The van der Waals surface area contributed by atoms with Crippen molar-refractivity contribution in [2.24, 2.45) is 0 Å². The second-order valence-electron chi connectivity index (χ2n) is 3.56. The lowest BCUT2D eigenvalue weighted by Crippen LogP contribution is -2.37. The zero-order chi connectivity index (χ0) is 12.0. The molecule has 1 aromatic carbocycles. The summed E-state index contributed by atoms with van der Waals surface area (Å²) in [5.41, 5.74) is 7.41. The largest absolute Gasteiger partial charge is 0.399 e. The normalized spacial score (nSPS) is 9.88. The van der Waals surface area contributed by atoms with E-state index in [1.54, 1.807) is 0 Å². The number of likely N-dealkylation sites (N-methyl/N-ethyl adjacent to an activating group) is 2. The van der Waals surface area contributed by atoms with Crippen molar-refractivity contribution in [3.05, 3.63) is 24.3 Å². The Hall–Kier alpha value is -1.71. The van der Waals surface area contributed by atoms with Crippen LogP contribution in [0, 0.1) is 0 Å². The molecule has 0 saturated heterocycles. The van der Waals surface area contributed by atoms with Gasteiger partial charge in [0.05, 0.1) is 6.54 Å². The van der Waals surface area contributed by atoms with Crippen LogP contribution in [0.4, 0.5) is 11.4 Å². The summed E-state index contributed by atoms with van der Waals surface area (Å²) in [5, 5.41) is 2.78. The van der Waals surface area contributed by atoms with E-state index >= 15 is 0 Å². The molecule has 3 N–H and O–H groups in total. The Morgan fingerprint density at radius 1 is 1.44 bits per heavy atom. The number of hydrogen-bond acceptors (Lipinski definition) is 3. The van der Waals surface area contributed by atoms with Gasteiger partial charge in [-0.3, -0.25) is 4.79 Å². The van der Waals surface area contributed by atoms with Crippen LogP contribution in [-0.2, 0) is 4.79 Å². The molecule has 1 rings (SSSR count). The third-order valence-electron chi connectivity index (χ3n) is 2.33. The van der Waals surface area contributed by atoms with Gasteiger partial charge in [0.1, 0.15) is 0 Å². The van der Waals surface area contributed by atoms with Crippen LogP contribution in [0.2, 0.25) is 0 Å². The molecule has 0 atom stereocenters. The number of nitrogen functional groups attached to an aromatic ring is 1. The standard InChI is InChI=1S/C12H19N3O/c1-3-14-12(16)9-15(4-2)11-7-5-6-10(13)8-11/h5-8H,3-4,9,13H2,1-2H3,(H,14,16). The van der Waals surface area contributed by atoms with E-state index in [-0.39, 0.29) is 5.91 Å². The lowest BCUT2D eigenvalue weighted by Gasteiger charge is -2.22. The first-order valence-corrected chi connectivity index (χ1v) is 5.54. The summed E-state index contributed by atoms with van der Waals surface area (Å²) < 4.78 is 0. The Morgan fingerprint density at radius 3 is 2.75 bits per heavy atom. The first-order chi connectivity index (χ1) is 7.67. The maximum absolute atomic E-state index is 11.5. The van der Waals surface area contributed by atoms with Crippen molar-refractivity contribution < 1.29 is 4.79 Å². The molecule has 88 valence electrons. The number of hydrogen-bond donors (Lipinski definition) is 2. The minimum Gasteiger partial charge on any atom is -0.399 e. The minimum absolute atomic E-state index is 0.0341. The molecule has 0 aliphatic rings. The van der Waals surface area contributed by atoms with E-state index in [4.69, 9.17) is 5.73 Å². The lowest BCUT2D eigenvalue weighted by molar-refractivity contribution is -0.119. The van der Waals surface area contributed by atoms with Gasteiger partial charge in [0.25, 0.3) is 0 Å². The van der Waals surface area contributed by atoms with Crippen molar-refractivity contribution in [1.29, 1.82) is 0 Å². The van der Waals surface area contributed by atoms with Gasteiger partial charge in [-0.2, -0.15) is 0 Å². The Labute approximate surface area is 96.4 Å². The quantitative estimate of drug-likeness (QED) is 0.735. The molecule has 0 aliphatic heterocycles. The van der Waals surface area contributed by atoms with Gasteiger partial charge in [-0.25, -0.2) is 0 Å². The zero-order valence-corrected chi connectivity index (χ0v) is 9.86. The molecule has 0 unspecified atom stereocenters. The number of carbonyl (C=O) groups excluding carboxylic acids is 1. The fraction of sp³-hybridized carbons (Fsp3) is 0.417. The predicted octanol–water partition coefficient (Wildman–Crippen LogP) is 1.23. The second-order valence-corrected chi connectivity index (χ2v) is 3.56. The van der Waals surface area contributed by atoms with Gasteiger partial charge in [-0.15, -0.1) is 0 Å². The molecule has 1 amide bonds. The predicted molar refractivity (Wildman–Crippen MR) is 67.4 cm³/mol. The molecule has 0 aliphatic carbocycles. The molecule has 0 radical (unpaired) electrons. The van der Waals surface area contributed by atoms with Gasteiger partial charge in [0, 0.05) is 24.5 Å². The molecule has 0 spiro atoms. The molecule has 0 aromatic heterocycles. The van der Waals surface area contributed by atoms with Gasteiger partial charge >= 0.3 is 0 Å². The van der Waals surface area contributed by atoms with E-state index in [1.807, 2.05) is 43.0 Å².